The molecule has 1 aliphatic rings. The zero-order valence-corrected chi connectivity index (χ0v) is 19.3. The second kappa shape index (κ2) is 8.91. The van der Waals surface area contributed by atoms with Crippen molar-refractivity contribution in [1.82, 2.24) is 19.3 Å². The molecule has 1 aromatic carbocycles. The van der Waals surface area contributed by atoms with Crippen molar-refractivity contribution >= 4 is 45.0 Å². The van der Waals surface area contributed by atoms with Crippen LogP contribution in [0.1, 0.15) is 31.7 Å². The zero-order chi connectivity index (χ0) is 22.1. The van der Waals surface area contributed by atoms with Crippen molar-refractivity contribution in [3.8, 4) is 11.1 Å². The summed E-state index contributed by atoms with van der Waals surface area (Å²) in [4.78, 5) is 31.1. The van der Waals surface area contributed by atoms with Gasteiger partial charge in [-0.3, -0.25) is 14.2 Å². The largest absolute Gasteiger partial charge is 0.310 e. The lowest BCUT2D eigenvalue weighted by Gasteiger charge is -2.14. The first-order valence-corrected chi connectivity index (χ1v) is 12.5. The number of carbonyl (C=O) groups excluding carboxylic acids is 1. The predicted molar refractivity (Wildman–Crippen MR) is 129 cm³/mol. The molecule has 3 aromatic heterocycles. The topological polar surface area (TPSA) is 81.8 Å². The van der Waals surface area contributed by atoms with Gasteiger partial charge in [0.15, 0.2) is 5.16 Å². The molecule has 3 heterocycles. The van der Waals surface area contributed by atoms with E-state index in [0.717, 1.165) is 29.8 Å². The number of hydrogen-bond acceptors (Lipinski definition) is 6. The molecule has 1 saturated carbocycles. The highest BCUT2D eigenvalue weighted by molar-refractivity contribution is 7.99. The Kier molecular flexibility index (Phi) is 5.84. The molecule has 1 fully saturated rings. The Morgan fingerprint density at radius 3 is 2.78 bits per heavy atom. The highest BCUT2D eigenvalue weighted by Gasteiger charge is 2.21. The van der Waals surface area contributed by atoms with Gasteiger partial charge in [0.05, 0.1) is 23.4 Å². The number of nitrogens with zero attached hydrogens (tertiary/aromatic N) is 4. The van der Waals surface area contributed by atoms with E-state index in [1.165, 1.54) is 40.5 Å². The van der Waals surface area contributed by atoms with E-state index >= 15 is 0 Å². The van der Waals surface area contributed by atoms with Gasteiger partial charge in [-0.2, -0.15) is 5.10 Å². The first kappa shape index (κ1) is 21.0. The van der Waals surface area contributed by atoms with Crippen LogP contribution in [-0.2, 0) is 11.8 Å². The first-order valence-electron chi connectivity index (χ1n) is 10.6. The van der Waals surface area contributed by atoms with Crippen LogP contribution < -0.4 is 10.9 Å². The van der Waals surface area contributed by atoms with Gasteiger partial charge in [0.2, 0.25) is 5.91 Å². The SMILES string of the molecule is Cn1c(SCC(=O)Nc2ccnn2C2CCCC2)nc2scc(-c3ccccc3)c2c1=O. The number of thiophene rings is 1. The Hall–Kier alpha value is -2.91. The number of amides is 1. The van der Waals surface area contributed by atoms with Gasteiger partial charge >= 0.3 is 0 Å². The fourth-order valence-corrected chi connectivity index (χ4v) is 5.93. The van der Waals surface area contributed by atoms with Crippen LogP contribution in [0, 0.1) is 0 Å². The van der Waals surface area contributed by atoms with E-state index in [9.17, 15) is 9.59 Å². The fraction of sp³-hybridized carbons (Fsp3) is 0.304. The molecule has 0 spiro atoms. The summed E-state index contributed by atoms with van der Waals surface area (Å²) in [6, 6.07) is 12.0. The number of aromatic nitrogens is 4. The van der Waals surface area contributed by atoms with Crippen LogP contribution in [0.4, 0.5) is 5.82 Å². The predicted octanol–water partition coefficient (Wildman–Crippen LogP) is 4.70. The molecule has 9 heteroatoms. The van der Waals surface area contributed by atoms with Crippen LogP contribution in [0.2, 0.25) is 0 Å². The summed E-state index contributed by atoms with van der Waals surface area (Å²) in [5.74, 6) is 0.754. The zero-order valence-electron chi connectivity index (χ0n) is 17.7. The van der Waals surface area contributed by atoms with Crippen molar-refractivity contribution in [2.45, 2.75) is 36.9 Å². The minimum absolute atomic E-state index is 0.0997. The van der Waals surface area contributed by atoms with Crippen molar-refractivity contribution in [2.24, 2.45) is 7.05 Å². The van der Waals surface area contributed by atoms with E-state index < -0.39 is 0 Å². The van der Waals surface area contributed by atoms with Gasteiger partial charge in [-0.05, 0) is 18.4 Å². The first-order chi connectivity index (χ1) is 15.6. The van der Waals surface area contributed by atoms with Crippen molar-refractivity contribution in [2.75, 3.05) is 11.1 Å². The third kappa shape index (κ3) is 3.98. The summed E-state index contributed by atoms with van der Waals surface area (Å²) in [6.07, 6.45) is 6.31. The number of fused-ring (bicyclic) bond motifs is 1. The van der Waals surface area contributed by atoms with E-state index in [4.69, 9.17) is 0 Å². The molecule has 32 heavy (non-hydrogen) atoms. The average molecular weight is 466 g/mol. The number of rotatable bonds is 6. The van der Waals surface area contributed by atoms with E-state index in [0.29, 0.717) is 21.4 Å². The Labute approximate surface area is 193 Å². The van der Waals surface area contributed by atoms with Gasteiger partial charge in [0, 0.05) is 24.1 Å². The quantitative estimate of drug-likeness (QED) is 0.330. The van der Waals surface area contributed by atoms with E-state index in [-0.39, 0.29) is 17.2 Å². The van der Waals surface area contributed by atoms with Crippen LogP contribution in [0.25, 0.3) is 21.3 Å². The van der Waals surface area contributed by atoms with Crippen LogP contribution in [0.3, 0.4) is 0 Å². The lowest BCUT2D eigenvalue weighted by atomic mass is 10.1. The van der Waals surface area contributed by atoms with E-state index in [2.05, 4.69) is 15.4 Å². The van der Waals surface area contributed by atoms with Crippen LogP contribution in [0.15, 0.2) is 57.9 Å². The molecular formula is C23H23N5O2S2. The lowest BCUT2D eigenvalue weighted by molar-refractivity contribution is -0.113. The molecular weight excluding hydrogens is 442 g/mol. The fourth-order valence-electron chi connectivity index (χ4n) is 4.17. The molecule has 1 N–H and O–H groups in total. The number of anilines is 1. The summed E-state index contributed by atoms with van der Waals surface area (Å²) in [5, 5.41) is 10.5. The van der Waals surface area contributed by atoms with E-state index in [1.54, 1.807) is 13.2 Å². The normalized spacial score (nSPS) is 14.3. The third-order valence-electron chi connectivity index (χ3n) is 5.80. The Balaban J connectivity index is 1.33. The highest BCUT2D eigenvalue weighted by Crippen LogP contribution is 2.33. The van der Waals surface area contributed by atoms with Crippen molar-refractivity contribution in [1.29, 1.82) is 0 Å². The average Bonchev–Trinajstić information content (AvgIpc) is 3.56. The summed E-state index contributed by atoms with van der Waals surface area (Å²) in [6.45, 7) is 0. The minimum Gasteiger partial charge on any atom is -0.310 e. The number of nitrogens with one attached hydrogen (secondary N) is 1. The van der Waals surface area contributed by atoms with Gasteiger partial charge < -0.3 is 5.32 Å². The van der Waals surface area contributed by atoms with Crippen LogP contribution >= 0.6 is 23.1 Å². The number of hydrogen-bond donors (Lipinski definition) is 1. The third-order valence-corrected chi connectivity index (χ3v) is 7.70. The molecule has 4 aromatic rings. The molecule has 0 unspecified atom stereocenters. The molecule has 0 saturated heterocycles. The van der Waals surface area contributed by atoms with Gasteiger partial charge in [-0.1, -0.05) is 54.9 Å². The maximum Gasteiger partial charge on any atom is 0.263 e. The van der Waals surface area contributed by atoms with Crippen LogP contribution in [-0.4, -0.2) is 31.0 Å². The van der Waals surface area contributed by atoms with Gasteiger partial charge in [-0.25, -0.2) is 9.67 Å². The summed E-state index contributed by atoms with van der Waals surface area (Å²) in [5.41, 5.74) is 1.79. The number of thioether (sulfide) groups is 1. The number of carbonyl (C=O) groups is 1. The molecule has 1 aliphatic carbocycles. The van der Waals surface area contributed by atoms with Crippen molar-refractivity contribution in [3.63, 3.8) is 0 Å². The minimum atomic E-state index is -0.139. The molecule has 1 amide bonds. The molecule has 7 nitrogen and oxygen atoms in total. The van der Waals surface area contributed by atoms with Gasteiger partial charge in [-0.15, -0.1) is 11.3 Å². The highest BCUT2D eigenvalue weighted by atomic mass is 32.2. The maximum absolute atomic E-state index is 13.1. The lowest BCUT2D eigenvalue weighted by Crippen LogP contribution is -2.22. The standard InChI is InChI=1S/C23H23N5O2S2/c1-27-22(30)20-17(15-7-3-2-4-8-15)13-31-21(20)26-23(27)32-14-19(29)25-18-11-12-24-28(18)16-9-5-6-10-16/h2-4,7-8,11-13,16H,5-6,9-10,14H2,1H3,(H,25,29). The van der Waals surface area contributed by atoms with Crippen molar-refractivity contribution < 1.29 is 4.79 Å². The summed E-state index contributed by atoms with van der Waals surface area (Å²) >= 11 is 2.72. The smallest absolute Gasteiger partial charge is 0.263 e. The second-order valence-electron chi connectivity index (χ2n) is 7.89. The Morgan fingerprint density at radius 1 is 1.22 bits per heavy atom. The molecule has 0 atom stereocenters. The molecule has 0 radical (unpaired) electrons. The molecule has 5 rings (SSSR count). The maximum atomic E-state index is 13.1. The molecule has 0 aliphatic heterocycles. The Bertz CT molecular complexity index is 1320. The second-order valence-corrected chi connectivity index (χ2v) is 9.69. The van der Waals surface area contributed by atoms with Crippen molar-refractivity contribution in [3.05, 3.63) is 58.3 Å². The van der Waals surface area contributed by atoms with E-state index in [1.807, 2.05) is 46.5 Å². The summed E-state index contributed by atoms with van der Waals surface area (Å²) in [7, 11) is 1.70. The summed E-state index contributed by atoms with van der Waals surface area (Å²) < 4.78 is 3.45. The van der Waals surface area contributed by atoms with Gasteiger partial charge in [0.25, 0.3) is 5.56 Å². The molecule has 164 valence electrons. The Morgan fingerprint density at radius 2 is 2.00 bits per heavy atom. The monoisotopic (exact) mass is 465 g/mol. The van der Waals surface area contributed by atoms with Gasteiger partial charge in [0.1, 0.15) is 10.6 Å². The molecule has 0 bridgehead atoms. The van der Waals surface area contributed by atoms with Crippen LogP contribution in [0.5, 0.6) is 0 Å². The number of benzene rings is 1.